The fourth-order valence-corrected chi connectivity index (χ4v) is 4.85. The van der Waals surface area contributed by atoms with Crippen molar-refractivity contribution < 1.29 is 13.2 Å². The largest absolute Gasteiger partial charge is 0.362 e. The number of rotatable bonds is 5. The molecule has 32 heavy (non-hydrogen) atoms. The monoisotopic (exact) mass is 451 g/mol. The van der Waals surface area contributed by atoms with Crippen molar-refractivity contribution >= 4 is 27.5 Å². The van der Waals surface area contributed by atoms with Gasteiger partial charge in [-0.1, -0.05) is 24.3 Å². The number of hydrogen-bond donors (Lipinski definition) is 1. The molecule has 0 saturated carbocycles. The molecule has 2 heterocycles. The normalized spacial score (nSPS) is 15.3. The van der Waals surface area contributed by atoms with Crippen molar-refractivity contribution in [2.45, 2.75) is 31.6 Å². The first-order chi connectivity index (χ1) is 15.3. The van der Waals surface area contributed by atoms with E-state index in [1.807, 2.05) is 50.1 Å². The third kappa shape index (κ3) is 4.29. The van der Waals surface area contributed by atoms with Crippen LogP contribution in [0.2, 0.25) is 0 Å². The highest BCUT2D eigenvalue weighted by molar-refractivity contribution is 7.90. The molecule has 9 heteroatoms. The summed E-state index contributed by atoms with van der Waals surface area (Å²) in [5, 5.41) is 7.15. The van der Waals surface area contributed by atoms with Crippen molar-refractivity contribution in [1.82, 2.24) is 14.7 Å². The molecular formula is C23H25N5O3S. The summed E-state index contributed by atoms with van der Waals surface area (Å²) < 4.78 is 31.2. The lowest BCUT2D eigenvalue weighted by Crippen LogP contribution is -2.20. The Hall–Kier alpha value is -3.46. The number of carbonyl (C=O) groups excluding carboxylic acids is 1. The minimum Gasteiger partial charge on any atom is -0.362 e. The smallest absolute Gasteiger partial charge is 0.284 e. The molecule has 3 aromatic rings. The highest BCUT2D eigenvalue weighted by atomic mass is 32.2. The Morgan fingerprint density at radius 2 is 1.91 bits per heavy atom. The number of nitrogens with zero attached hydrogens (tertiary/aromatic N) is 4. The van der Waals surface area contributed by atoms with Gasteiger partial charge in [0.25, 0.3) is 15.9 Å². The molecule has 0 unspecified atom stereocenters. The van der Waals surface area contributed by atoms with Crippen LogP contribution in [0.3, 0.4) is 0 Å². The van der Waals surface area contributed by atoms with Crippen LogP contribution in [-0.2, 0) is 10.0 Å². The average molecular weight is 452 g/mol. The number of nitrogens with one attached hydrogen (secondary N) is 1. The number of anilines is 1. The number of amides is 1. The van der Waals surface area contributed by atoms with Gasteiger partial charge in [-0.05, 0) is 50.1 Å². The van der Waals surface area contributed by atoms with E-state index in [-0.39, 0.29) is 10.8 Å². The van der Waals surface area contributed by atoms with E-state index in [9.17, 15) is 13.2 Å². The molecule has 1 fully saturated rings. The predicted molar refractivity (Wildman–Crippen MR) is 124 cm³/mol. The fourth-order valence-electron chi connectivity index (χ4n) is 3.71. The Morgan fingerprint density at radius 1 is 1.12 bits per heavy atom. The summed E-state index contributed by atoms with van der Waals surface area (Å²) in [7, 11) is -2.04. The van der Waals surface area contributed by atoms with Gasteiger partial charge in [0, 0.05) is 25.7 Å². The Kier molecular flexibility index (Phi) is 5.84. The first-order valence-electron chi connectivity index (χ1n) is 10.3. The van der Waals surface area contributed by atoms with Crippen molar-refractivity contribution in [3.8, 4) is 5.69 Å². The number of aryl methyl sites for hydroxylation is 1. The maximum Gasteiger partial charge on any atom is 0.284 e. The fraction of sp³-hybridized carbons (Fsp3) is 0.261. The number of likely N-dealkylation sites (tertiary alicyclic amines) is 1. The van der Waals surface area contributed by atoms with Crippen LogP contribution in [0.5, 0.6) is 0 Å². The van der Waals surface area contributed by atoms with Crippen LogP contribution >= 0.6 is 0 Å². The summed E-state index contributed by atoms with van der Waals surface area (Å²) in [5.41, 5.74) is 3.41. The second-order valence-corrected chi connectivity index (χ2v) is 9.44. The number of aromatic nitrogens is 2. The highest BCUT2D eigenvalue weighted by Gasteiger charge is 2.21. The average Bonchev–Trinajstić information content (AvgIpc) is 3.33. The van der Waals surface area contributed by atoms with E-state index in [2.05, 4.69) is 14.8 Å². The van der Waals surface area contributed by atoms with Crippen LogP contribution in [-0.4, -0.2) is 48.4 Å². The summed E-state index contributed by atoms with van der Waals surface area (Å²) in [6.45, 7) is 4.60. The van der Waals surface area contributed by atoms with Crippen LogP contribution in [0.15, 0.2) is 64.0 Å². The summed E-state index contributed by atoms with van der Waals surface area (Å²) in [6, 6.07) is 13.9. The SMILES string of the molecule is Cc1ccccc1-n1ncc(C(=O)Nc2cccc(S(=O)(=O)N=C3CCCN3C)c2)c1C. The quantitative estimate of drug-likeness (QED) is 0.640. The van der Waals surface area contributed by atoms with Gasteiger partial charge in [0.05, 0.1) is 28.0 Å². The first kappa shape index (κ1) is 21.8. The van der Waals surface area contributed by atoms with Gasteiger partial charge < -0.3 is 10.2 Å². The molecule has 0 bridgehead atoms. The van der Waals surface area contributed by atoms with Crippen molar-refractivity contribution in [2.75, 3.05) is 18.9 Å². The van der Waals surface area contributed by atoms with Gasteiger partial charge in [-0.15, -0.1) is 4.40 Å². The maximum atomic E-state index is 12.9. The van der Waals surface area contributed by atoms with Gasteiger partial charge in [0.15, 0.2) is 0 Å². The second kappa shape index (κ2) is 8.58. The number of amidine groups is 1. The molecule has 1 N–H and O–H groups in total. The van der Waals surface area contributed by atoms with Gasteiger partial charge in [-0.25, -0.2) is 4.68 Å². The van der Waals surface area contributed by atoms with Crippen molar-refractivity contribution in [3.63, 3.8) is 0 Å². The highest BCUT2D eigenvalue weighted by Crippen LogP contribution is 2.22. The zero-order valence-electron chi connectivity index (χ0n) is 18.2. The van der Waals surface area contributed by atoms with Crippen LogP contribution in [0.1, 0.15) is 34.5 Å². The molecule has 0 atom stereocenters. The molecular weight excluding hydrogens is 426 g/mol. The van der Waals surface area contributed by atoms with Crippen LogP contribution < -0.4 is 5.32 Å². The zero-order valence-corrected chi connectivity index (χ0v) is 19.1. The number of carbonyl (C=O) groups is 1. The molecule has 1 aliphatic heterocycles. The van der Waals surface area contributed by atoms with E-state index in [4.69, 9.17) is 0 Å². The second-order valence-electron chi connectivity index (χ2n) is 7.83. The Labute approximate surface area is 187 Å². The molecule has 0 aliphatic carbocycles. The van der Waals surface area contributed by atoms with Crippen LogP contribution in [0.4, 0.5) is 5.69 Å². The standard InChI is InChI=1S/C23H25N5O3S/c1-16-8-4-5-11-21(16)28-17(2)20(15-24-28)23(29)25-18-9-6-10-19(14-18)32(30,31)26-22-12-7-13-27(22)3/h4-6,8-11,14-15H,7,12-13H2,1-3H3,(H,25,29). The van der Waals surface area contributed by atoms with Crippen LogP contribution in [0, 0.1) is 13.8 Å². The lowest BCUT2D eigenvalue weighted by atomic mass is 10.2. The van der Waals surface area contributed by atoms with E-state index in [0.717, 1.165) is 24.2 Å². The van der Waals surface area contributed by atoms with Gasteiger partial charge in [0.1, 0.15) is 5.84 Å². The van der Waals surface area contributed by atoms with E-state index in [1.54, 1.807) is 16.8 Å². The molecule has 0 spiro atoms. The third-order valence-electron chi connectivity index (χ3n) is 5.55. The van der Waals surface area contributed by atoms with Crippen molar-refractivity contribution in [2.24, 2.45) is 4.40 Å². The molecule has 4 rings (SSSR count). The predicted octanol–water partition coefficient (Wildman–Crippen LogP) is 3.55. The van der Waals surface area contributed by atoms with Crippen LogP contribution in [0.25, 0.3) is 5.69 Å². The van der Waals surface area contributed by atoms with Gasteiger partial charge >= 0.3 is 0 Å². The molecule has 1 aliphatic rings. The Bertz CT molecular complexity index is 1310. The zero-order chi connectivity index (χ0) is 22.9. The van der Waals surface area contributed by atoms with E-state index < -0.39 is 10.0 Å². The van der Waals surface area contributed by atoms with E-state index in [1.165, 1.54) is 18.3 Å². The molecule has 8 nitrogen and oxygen atoms in total. The van der Waals surface area contributed by atoms with E-state index in [0.29, 0.717) is 29.2 Å². The minimum absolute atomic E-state index is 0.0374. The molecule has 1 amide bonds. The number of para-hydroxylation sites is 1. The molecule has 0 radical (unpaired) electrons. The van der Waals surface area contributed by atoms with Crippen molar-refractivity contribution in [3.05, 3.63) is 71.5 Å². The summed E-state index contributed by atoms with van der Waals surface area (Å²) in [6.07, 6.45) is 3.03. The third-order valence-corrected chi connectivity index (χ3v) is 6.85. The Morgan fingerprint density at radius 3 is 2.62 bits per heavy atom. The summed E-state index contributed by atoms with van der Waals surface area (Å²) in [5.74, 6) is 0.192. The number of sulfonamides is 1. The molecule has 1 aromatic heterocycles. The molecule has 2 aromatic carbocycles. The van der Waals surface area contributed by atoms with Gasteiger partial charge in [-0.3, -0.25) is 4.79 Å². The van der Waals surface area contributed by atoms with Crippen molar-refractivity contribution in [1.29, 1.82) is 0 Å². The van der Waals surface area contributed by atoms with E-state index >= 15 is 0 Å². The number of hydrogen-bond acceptors (Lipinski definition) is 4. The lowest BCUT2D eigenvalue weighted by Gasteiger charge is -2.11. The molecule has 166 valence electrons. The summed E-state index contributed by atoms with van der Waals surface area (Å²) in [4.78, 5) is 14.8. The first-order valence-corrected chi connectivity index (χ1v) is 11.8. The topological polar surface area (TPSA) is 96.7 Å². The maximum absolute atomic E-state index is 12.9. The number of benzene rings is 2. The summed E-state index contributed by atoms with van der Waals surface area (Å²) >= 11 is 0. The Balaban J connectivity index is 1.57. The molecule has 1 saturated heterocycles. The lowest BCUT2D eigenvalue weighted by molar-refractivity contribution is 0.102. The minimum atomic E-state index is -3.87. The van der Waals surface area contributed by atoms with Gasteiger partial charge in [0.2, 0.25) is 0 Å². The van der Waals surface area contributed by atoms with Gasteiger partial charge in [-0.2, -0.15) is 13.5 Å².